The van der Waals surface area contributed by atoms with Gasteiger partial charge in [-0.3, -0.25) is 4.79 Å². The van der Waals surface area contributed by atoms with Gasteiger partial charge in [0.05, 0.1) is 0 Å². The molecule has 14 heavy (non-hydrogen) atoms. The van der Waals surface area contributed by atoms with E-state index in [1.165, 1.54) is 5.56 Å². The molecule has 0 aromatic heterocycles. The molecule has 0 N–H and O–H groups in total. The van der Waals surface area contributed by atoms with E-state index in [0.717, 1.165) is 19.3 Å². The summed E-state index contributed by atoms with van der Waals surface area (Å²) < 4.78 is 0. The van der Waals surface area contributed by atoms with Crippen molar-refractivity contribution in [2.24, 2.45) is 11.8 Å². The molecule has 2 rings (SSSR count). The summed E-state index contributed by atoms with van der Waals surface area (Å²) in [5.41, 5.74) is 1.36. The largest absolute Gasteiger partial charge is 0.299 e. The lowest BCUT2D eigenvalue weighted by Crippen LogP contribution is -1.99. The molecule has 0 spiro atoms. The first-order valence-electron chi connectivity index (χ1n) is 5.32. The highest BCUT2D eigenvalue weighted by molar-refractivity contribution is 5.82. The number of hydrogen-bond acceptors (Lipinski definition) is 1. The fourth-order valence-electron chi connectivity index (χ4n) is 2.30. The monoisotopic (exact) mass is 188 g/mol. The van der Waals surface area contributed by atoms with Gasteiger partial charge in [-0.25, -0.2) is 0 Å². The van der Waals surface area contributed by atoms with Gasteiger partial charge >= 0.3 is 0 Å². The van der Waals surface area contributed by atoms with Crippen LogP contribution in [0.1, 0.15) is 25.3 Å². The van der Waals surface area contributed by atoms with Crippen LogP contribution in [0.5, 0.6) is 0 Å². The van der Waals surface area contributed by atoms with Crippen LogP contribution in [0.3, 0.4) is 0 Å². The molecule has 1 nitrogen and oxygen atoms in total. The van der Waals surface area contributed by atoms with Gasteiger partial charge in [0.25, 0.3) is 0 Å². The van der Waals surface area contributed by atoms with Gasteiger partial charge in [0.2, 0.25) is 0 Å². The number of benzene rings is 1. The van der Waals surface area contributed by atoms with Crippen LogP contribution in [0.25, 0.3) is 0 Å². The molecular formula is C13H16O. The summed E-state index contributed by atoms with van der Waals surface area (Å²) in [5, 5.41) is 0. The van der Waals surface area contributed by atoms with Crippen molar-refractivity contribution < 1.29 is 4.79 Å². The van der Waals surface area contributed by atoms with E-state index in [2.05, 4.69) is 24.3 Å². The van der Waals surface area contributed by atoms with Crippen molar-refractivity contribution in [3.05, 3.63) is 35.9 Å². The minimum Gasteiger partial charge on any atom is -0.299 e. The molecule has 1 aromatic carbocycles. The summed E-state index contributed by atoms with van der Waals surface area (Å²) in [7, 11) is 0. The maximum atomic E-state index is 11.4. The minimum atomic E-state index is 0.295. The van der Waals surface area contributed by atoms with E-state index in [4.69, 9.17) is 0 Å². The highest BCUT2D eigenvalue weighted by Crippen LogP contribution is 2.29. The third-order valence-electron chi connectivity index (χ3n) is 3.09. The van der Waals surface area contributed by atoms with Gasteiger partial charge in [0, 0.05) is 12.3 Å². The molecule has 1 saturated carbocycles. The van der Waals surface area contributed by atoms with Gasteiger partial charge in [-0.2, -0.15) is 0 Å². The highest BCUT2D eigenvalue weighted by atomic mass is 16.1. The van der Waals surface area contributed by atoms with Crippen LogP contribution in [-0.2, 0) is 11.2 Å². The molecule has 0 heterocycles. The number of rotatable bonds is 2. The van der Waals surface area contributed by atoms with E-state index in [0.29, 0.717) is 17.6 Å². The quantitative estimate of drug-likeness (QED) is 0.697. The average molecular weight is 188 g/mol. The summed E-state index contributed by atoms with van der Waals surface area (Å²) in [6, 6.07) is 10.5. The zero-order chi connectivity index (χ0) is 9.97. The van der Waals surface area contributed by atoms with Crippen LogP contribution in [0.2, 0.25) is 0 Å². The van der Waals surface area contributed by atoms with Gasteiger partial charge in [0.1, 0.15) is 5.78 Å². The molecule has 1 aliphatic rings. The summed E-state index contributed by atoms with van der Waals surface area (Å²) in [6.07, 6.45) is 2.93. The van der Waals surface area contributed by atoms with Crippen molar-refractivity contribution in [2.45, 2.75) is 26.2 Å². The number of carbonyl (C=O) groups is 1. The van der Waals surface area contributed by atoms with Crippen LogP contribution >= 0.6 is 0 Å². The Hall–Kier alpha value is -1.11. The average Bonchev–Trinajstić information content (AvgIpc) is 2.47. The fourth-order valence-corrected chi connectivity index (χ4v) is 2.30. The molecule has 1 unspecified atom stereocenters. The predicted molar refractivity (Wildman–Crippen MR) is 57.0 cm³/mol. The second-order valence-electron chi connectivity index (χ2n) is 4.36. The van der Waals surface area contributed by atoms with Crippen LogP contribution in [-0.4, -0.2) is 5.78 Å². The molecule has 0 amide bonds. The van der Waals surface area contributed by atoms with Crippen molar-refractivity contribution >= 4 is 5.78 Å². The molecule has 0 bridgehead atoms. The Bertz CT molecular complexity index is 315. The highest BCUT2D eigenvalue weighted by Gasteiger charge is 2.28. The standard InChI is InChI=1S/C13H16O/c1-10-7-12(9-13(10)14)8-11-5-3-2-4-6-11/h2-6,10,12H,7-9H2,1H3/t10?,12-/m1/s1. The Labute approximate surface area is 85.1 Å². The zero-order valence-electron chi connectivity index (χ0n) is 8.57. The van der Waals surface area contributed by atoms with E-state index in [1.807, 2.05) is 13.0 Å². The van der Waals surface area contributed by atoms with Crippen molar-refractivity contribution in [2.75, 3.05) is 0 Å². The molecule has 1 aliphatic carbocycles. The Kier molecular flexibility index (Phi) is 2.67. The summed E-state index contributed by atoms with van der Waals surface area (Å²) in [4.78, 5) is 11.4. The molecule has 1 aromatic rings. The maximum Gasteiger partial charge on any atom is 0.135 e. The second-order valence-corrected chi connectivity index (χ2v) is 4.36. The predicted octanol–water partition coefficient (Wildman–Crippen LogP) is 2.84. The smallest absolute Gasteiger partial charge is 0.135 e. The van der Waals surface area contributed by atoms with E-state index < -0.39 is 0 Å². The van der Waals surface area contributed by atoms with E-state index in [-0.39, 0.29) is 0 Å². The SMILES string of the molecule is CC1C[C@H](Cc2ccccc2)CC1=O. The summed E-state index contributed by atoms with van der Waals surface area (Å²) >= 11 is 0. The minimum absolute atomic E-state index is 0.295. The Morgan fingerprint density at radius 2 is 2.00 bits per heavy atom. The first-order valence-corrected chi connectivity index (χ1v) is 5.32. The molecule has 0 radical (unpaired) electrons. The Morgan fingerprint density at radius 1 is 1.29 bits per heavy atom. The van der Waals surface area contributed by atoms with Gasteiger partial charge in [0.15, 0.2) is 0 Å². The third kappa shape index (κ3) is 2.03. The second kappa shape index (κ2) is 3.95. The molecule has 0 aliphatic heterocycles. The summed E-state index contributed by atoms with van der Waals surface area (Å²) in [6.45, 7) is 2.05. The van der Waals surface area contributed by atoms with E-state index in [1.54, 1.807) is 0 Å². The molecule has 1 heteroatoms. The van der Waals surface area contributed by atoms with Gasteiger partial charge in [-0.05, 0) is 24.3 Å². The molecular weight excluding hydrogens is 172 g/mol. The van der Waals surface area contributed by atoms with Crippen LogP contribution < -0.4 is 0 Å². The van der Waals surface area contributed by atoms with Crippen molar-refractivity contribution in [3.8, 4) is 0 Å². The van der Waals surface area contributed by atoms with Crippen LogP contribution in [0.4, 0.5) is 0 Å². The number of ketones is 1. The van der Waals surface area contributed by atoms with Crippen LogP contribution in [0.15, 0.2) is 30.3 Å². The topological polar surface area (TPSA) is 17.1 Å². The van der Waals surface area contributed by atoms with Gasteiger partial charge in [-0.1, -0.05) is 37.3 Å². The maximum absolute atomic E-state index is 11.4. The van der Waals surface area contributed by atoms with Crippen molar-refractivity contribution in [1.82, 2.24) is 0 Å². The molecule has 0 saturated heterocycles. The number of hydrogen-bond donors (Lipinski definition) is 0. The van der Waals surface area contributed by atoms with Gasteiger partial charge in [-0.15, -0.1) is 0 Å². The molecule has 74 valence electrons. The summed E-state index contributed by atoms with van der Waals surface area (Å²) in [5.74, 6) is 1.33. The normalized spacial score (nSPS) is 26.8. The molecule has 2 atom stereocenters. The first-order chi connectivity index (χ1) is 6.75. The van der Waals surface area contributed by atoms with Gasteiger partial charge < -0.3 is 0 Å². The zero-order valence-corrected chi connectivity index (χ0v) is 8.57. The fraction of sp³-hybridized carbons (Fsp3) is 0.462. The number of carbonyl (C=O) groups excluding carboxylic acids is 1. The molecule has 1 fully saturated rings. The Morgan fingerprint density at radius 3 is 2.57 bits per heavy atom. The van der Waals surface area contributed by atoms with Crippen molar-refractivity contribution in [3.63, 3.8) is 0 Å². The Balaban J connectivity index is 1.97. The van der Waals surface area contributed by atoms with E-state index in [9.17, 15) is 4.79 Å². The third-order valence-corrected chi connectivity index (χ3v) is 3.09. The van der Waals surface area contributed by atoms with E-state index >= 15 is 0 Å². The number of Topliss-reactive ketones (excluding diaryl/α,β-unsaturated/α-hetero) is 1. The van der Waals surface area contributed by atoms with Crippen LogP contribution in [0, 0.1) is 11.8 Å². The lowest BCUT2D eigenvalue weighted by molar-refractivity contribution is -0.120. The lowest BCUT2D eigenvalue weighted by Gasteiger charge is -2.07. The first kappa shape index (κ1) is 9.45. The lowest BCUT2D eigenvalue weighted by atomic mass is 9.97. The van der Waals surface area contributed by atoms with Crippen molar-refractivity contribution in [1.29, 1.82) is 0 Å².